The van der Waals surface area contributed by atoms with E-state index in [1.54, 1.807) is 18.1 Å². The number of nitrogens with zero attached hydrogens (tertiary/aromatic N) is 5. The van der Waals surface area contributed by atoms with E-state index in [1.165, 1.54) is 6.33 Å². The molecule has 4 heterocycles. The van der Waals surface area contributed by atoms with E-state index in [2.05, 4.69) is 30.4 Å². The van der Waals surface area contributed by atoms with Gasteiger partial charge in [-0.2, -0.15) is 9.78 Å². The first kappa shape index (κ1) is 16.4. The Kier molecular flexibility index (Phi) is 3.61. The normalized spacial score (nSPS) is 16.1. The minimum absolute atomic E-state index is 0.0838. The molecule has 0 saturated carbocycles. The van der Waals surface area contributed by atoms with Crippen LogP contribution in [-0.4, -0.2) is 42.7 Å². The Labute approximate surface area is 159 Å². The van der Waals surface area contributed by atoms with E-state index in [4.69, 9.17) is 4.74 Å². The molecule has 1 aliphatic heterocycles. The highest BCUT2D eigenvalue weighted by Crippen LogP contribution is 2.43. The summed E-state index contributed by atoms with van der Waals surface area (Å²) in [4.78, 5) is 28.3. The molecule has 1 amide bonds. The molecule has 1 unspecified atom stereocenters. The van der Waals surface area contributed by atoms with E-state index < -0.39 is 0 Å². The summed E-state index contributed by atoms with van der Waals surface area (Å²) in [6.45, 7) is 1.93. The maximum atomic E-state index is 12.6. The number of hydrogen-bond acceptors (Lipinski definition) is 6. The maximum absolute atomic E-state index is 12.6. The van der Waals surface area contributed by atoms with Crippen LogP contribution < -0.4 is 10.1 Å². The highest BCUT2D eigenvalue weighted by atomic mass is 16.5. The average molecular weight is 375 g/mol. The number of imidazole rings is 1. The van der Waals surface area contributed by atoms with Crippen molar-refractivity contribution in [2.24, 2.45) is 0 Å². The van der Waals surface area contributed by atoms with Crippen LogP contribution in [-0.2, 0) is 4.79 Å². The molecular weight excluding hydrogens is 358 g/mol. The van der Waals surface area contributed by atoms with Gasteiger partial charge in [0.05, 0.1) is 19.1 Å². The number of carbonyl (C=O) groups excluding carboxylic acids is 1. The highest BCUT2D eigenvalue weighted by molar-refractivity contribution is 5.95. The van der Waals surface area contributed by atoms with E-state index >= 15 is 0 Å². The fraction of sp³-hybridized carbons (Fsp3) is 0.211. The lowest BCUT2D eigenvalue weighted by atomic mass is 9.85. The van der Waals surface area contributed by atoms with E-state index in [9.17, 15) is 4.79 Å². The Balaban J connectivity index is 1.74. The average Bonchev–Trinajstić information content (AvgIpc) is 3.32. The molecule has 0 saturated heterocycles. The number of para-hydroxylation sites is 1. The Morgan fingerprint density at radius 1 is 1.21 bits per heavy atom. The van der Waals surface area contributed by atoms with Crippen molar-refractivity contribution in [3.63, 3.8) is 0 Å². The van der Waals surface area contributed by atoms with E-state index in [1.807, 2.05) is 31.2 Å². The molecule has 9 heteroatoms. The number of amides is 1. The highest BCUT2D eigenvalue weighted by Gasteiger charge is 2.34. The van der Waals surface area contributed by atoms with Crippen molar-refractivity contribution in [2.45, 2.75) is 19.3 Å². The molecule has 0 aliphatic carbocycles. The number of aromatic amines is 1. The molecule has 2 N–H and O–H groups in total. The number of hydrogen-bond donors (Lipinski definition) is 2. The van der Waals surface area contributed by atoms with Gasteiger partial charge in [-0.1, -0.05) is 18.2 Å². The number of fused-ring (bicyclic) bond motifs is 2. The van der Waals surface area contributed by atoms with Gasteiger partial charge in [0.15, 0.2) is 11.5 Å². The first-order chi connectivity index (χ1) is 13.7. The molecule has 9 nitrogen and oxygen atoms in total. The fourth-order valence-corrected chi connectivity index (χ4v) is 3.83. The van der Waals surface area contributed by atoms with Gasteiger partial charge in [0.1, 0.15) is 23.4 Å². The summed E-state index contributed by atoms with van der Waals surface area (Å²) in [6.07, 6.45) is 3.31. The van der Waals surface area contributed by atoms with Crippen molar-refractivity contribution in [1.29, 1.82) is 0 Å². The number of H-pyrrole nitrogens is 1. The first-order valence-electron chi connectivity index (χ1n) is 8.84. The first-order valence-corrected chi connectivity index (χ1v) is 8.84. The summed E-state index contributed by atoms with van der Waals surface area (Å²) in [7, 11) is 1.63. The lowest BCUT2D eigenvalue weighted by Gasteiger charge is -2.25. The van der Waals surface area contributed by atoms with Gasteiger partial charge in [0.2, 0.25) is 5.91 Å². The van der Waals surface area contributed by atoms with E-state index in [0.717, 1.165) is 22.6 Å². The van der Waals surface area contributed by atoms with Crippen molar-refractivity contribution < 1.29 is 9.53 Å². The number of benzene rings is 1. The topological polar surface area (TPSA) is 111 Å². The molecular formula is C19H17N7O2. The molecule has 0 fully saturated rings. The number of rotatable bonds is 3. The number of methoxy groups -OCH3 is 1. The number of aryl methyl sites for hydroxylation is 1. The van der Waals surface area contributed by atoms with Crippen LogP contribution in [0.15, 0.2) is 36.9 Å². The van der Waals surface area contributed by atoms with Gasteiger partial charge in [-0.15, -0.1) is 0 Å². The summed E-state index contributed by atoms with van der Waals surface area (Å²) in [5.74, 6) is 1.65. The minimum Gasteiger partial charge on any atom is -0.496 e. The summed E-state index contributed by atoms with van der Waals surface area (Å²) in [6, 6.07) is 7.75. The molecule has 1 aliphatic rings. The number of carbonyl (C=O) groups is 1. The van der Waals surface area contributed by atoms with Crippen LogP contribution in [0.3, 0.4) is 0 Å². The molecule has 5 rings (SSSR count). The van der Waals surface area contributed by atoms with E-state index in [-0.39, 0.29) is 11.8 Å². The lowest BCUT2D eigenvalue weighted by molar-refractivity contribution is -0.116. The second kappa shape index (κ2) is 6.15. The molecule has 0 spiro atoms. The Hall–Kier alpha value is -3.75. The minimum atomic E-state index is -0.159. The van der Waals surface area contributed by atoms with Crippen molar-refractivity contribution in [1.82, 2.24) is 29.7 Å². The summed E-state index contributed by atoms with van der Waals surface area (Å²) in [5, 5.41) is 7.65. The van der Waals surface area contributed by atoms with Gasteiger partial charge in [0, 0.05) is 23.5 Å². The van der Waals surface area contributed by atoms with Crippen LogP contribution in [0.1, 0.15) is 29.2 Å². The second-order valence-electron chi connectivity index (χ2n) is 6.60. The van der Waals surface area contributed by atoms with Gasteiger partial charge in [-0.25, -0.2) is 15.0 Å². The van der Waals surface area contributed by atoms with Gasteiger partial charge in [-0.3, -0.25) is 4.79 Å². The number of anilines is 1. The number of ether oxygens (including phenoxy) is 1. The zero-order chi connectivity index (χ0) is 19.3. The Morgan fingerprint density at radius 2 is 2.07 bits per heavy atom. The second-order valence-corrected chi connectivity index (χ2v) is 6.60. The van der Waals surface area contributed by atoms with Crippen molar-refractivity contribution >= 4 is 22.9 Å². The predicted molar refractivity (Wildman–Crippen MR) is 102 cm³/mol. The summed E-state index contributed by atoms with van der Waals surface area (Å²) < 4.78 is 7.18. The fourth-order valence-electron chi connectivity index (χ4n) is 3.83. The van der Waals surface area contributed by atoms with Crippen LogP contribution in [0.4, 0.5) is 5.82 Å². The van der Waals surface area contributed by atoms with Crippen molar-refractivity contribution in [3.05, 3.63) is 53.7 Å². The number of aromatic nitrogens is 6. The standard InChI is InChI=1S/C19H17N7O2/c1-10-15-12(11-5-3-4-6-13(11)28-2)7-14(27)24-18(15)26(25-10)19-16-17(21-8-20-16)22-9-23-19/h3-6,8-9,12H,7H2,1-2H3,(H,24,27)(H,20,21,22,23). The van der Waals surface area contributed by atoms with Gasteiger partial charge < -0.3 is 15.0 Å². The molecule has 4 aromatic rings. The molecule has 140 valence electrons. The lowest BCUT2D eigenvalue weighted by Crippen LogP contribution is -2.25. The van der Waals surface area contributed by atoms with Gasteiger partial charge >= 0.3 is 0 Å². The third-order valence-corrected chi connectivity index (χ3v) is 5.02. The molecule has 0 bridgehead atoms. The molecule has 1 atom stereocenters. The Bertz CT molecular complexity index is 1210. The summed E-state index contributed by atoms with van der Waals surface area (Å²) in [5.41, 5.74) is 3.92. The zero-order valence-electron chi connectivity index (χ0n) is 15.3. The third kappa shape index (κ3) is 2.36. The third-order valence-electron chi connectivity index (χ3n) is 5.02. The van der Waals surface area contributed by atoms with E-state index in [0.29, 0.717) is 29.2 Å². The van der Waals surface area contributed by atoms with Crippen molar-refractivity contribution in [3.8, 4) is 11.6 Å². The Morgan fingerprint density at radius 3 is 2.93 bits per heavy atom. The SMILES string of the molecule is COc1ccccc1C1CC(=O)Nc2c1c(C)nn2-c1ncnc2nc[nH]c12. The predicted octanol–water partition coefficient (Wildman–Crippen LogP) is 2.33. The molecule has 1 aromatic carbocycles. The largest absolute Gasteiger partial charge is 0.496 e. The smallest absolute Gasteiger partial charge is 0.226 e. The van der Waals surface area contributed by atoms with Crippen LogP contribution in [0, 0.1) is 6.92 Å². The quantitative estimate of drug-likeness (QED) is 0.569. The van der Waals surface area contributed by atoms with Gasteiger partial charge in [0.25, 0.3) is 0 Å². The van der Waals surface area contributed by atoms with Crippen LogP contribution >= 0.6 is 0 Å². The summed E-state index contributed by atoms with van der Waals surface area (Å²) >= 11 is 0. The molecule has 28 heavy (non-hydrogen) atoms. The van der Waals surface area contributed by atoms with Crippen molar-refractivity contribution in [2.75, 3.05) is 12.4 Å². The molecule has 0 radical (unpaired) electrons. The van der Waals surface area contributed by atoms with Crippen LogP contribution in [0.5, 0.6) is 5.75 Å². The number of nitrogens with one attached hydrogen (secondary N) is 2. The monoisotopic (exact) mass is 375 g/mol. The van der Waals surface area contributed by atoms with Crippen LogP contribution in [0.25, 0.3) is 17.0 Å². The molecule has 3 aromatic heterocycles. The van der Waals surface area contributed by atoms with Gasteiger partial charge in [-0.05, 0) is 13.0 Å². The maximum Gasteiger partial charge on any atom is 0.226 e. The zero-order valence-corrected chi connectivity index (χ0v) is 15.3. The van der Waals surface area contributed by atoms with Crippen LogP contribution in [0.2, 0.25) is 0 Å².